The summed E-state index contributed by atoms with van der Waals surface area (Å²) in [6.07, 6.45) is 0. The van der Waals surface area contributed by atoms with E-state index in [4.69, 9.17) is 9.47 Å². The van der Waals surface area contributed by atoms with Gasteiger partial charge in [-0.3, -0.25) is 4.79 Å². The molecule has 6 heteroatoms. The second-order valence-corrected chi connectivity index (χ2v) is 5.63. The Balaban J connectivity index is 2.12. The number of carbonyl (C=O) groups excluding carboxylic acids is 1. The lowest BCUT2D eigenvalue weighted by Gasteiger charge is -2.09. The Hall–Kier alpha value is -2.34. The van der Waals surface area contributed by atoms with E-state index < -0.39 is 0 Å². The number of rotatable bonds is 5. The summed E-state index contributed by atoms with van der Waals surface area (Å²) >= 11 is 3.38. The van der Waals surface area contributed by atoms with Crippen LogP contribution in [-0.2, 0) is 0 Å². The third-order valence-corrected chi connectivity index (χ3v) is 3.76. The number of halogens is 1. The smallest absolute Gasteiger partial charge is 0.271 e. The van der Waals surface area contributed by atoms with Crippen molar-refractivity contribution in [2.45, 2.75) is 6.92 Å². The zero-order valence-electron chi connectivity index (χ0n) is 13.1. The molecule has 0 bridgehead atoms. The van der Waals surface area contributed by atoms with Gasteiger partial charge in [-0.2, -0.15) is 5.10 Å². The highest BCUT2D eigenvalue weighted by Crippen LogP contribution is 2.27. The van der Waals surface area contributed by atoms with Gasteiger partial charge >= 0.3 is 0 Å². The SMILES string of the molecule is COc1ccc(C(=O)N/N=C(\C)c2ccc(Br)cc2)cc1OC. The van der Waals surface area contributed by atoms with Crippen molar-refractivity contribution in [3.8, 4) is 11.5 Å². The second kappa shape index (κ2) is 7.78. The molecule has 0 fully saturated rings. The molecule has 0 aliphatic heterocycles. The highest BCUT2D eigenvalue weighted by Gasteiger charge is 2.10. The number of methoxy groups -OCH3 is 2. The fraction of sp³-hybridized carbons (Fsp3) is 0.176. The first kappa shape index (κ1) is 17.0. The van der Waals surface area contributed by atoms with Gasteiger partial charge in [0.2, 0.25) is 0 Å². The number of hydrazone groups is 1. The summed E-state index contributed by atoms with van der Waals surface area (Å²) in [5.41, 5.74) is 4.63. The minimum atomic E-state index is -0.317. The topological polar surface area (TPSA) is 59.9 Å². The molecule has 0 heterocycles. The predicted molar refractivity (Wildman–Crippen MR) is 93.4 cm³/mol. The van der Waals surface area contributed by atoms with Crippen molar-refractivity contribution >= 4 is 27.5 Å². The first-order chi connectivity index (χ1) is 11.0. The lowest BCUT2D eigenvalue weighted by Crippen LogP contribution is -2.19. The molecule has 0 unspecified atom stereocenters. The van der Waals surface area contributed by atoms with E-state index in [0.717, 1.165) is 10.0 Å². The van der Waals surface area contributed by atoms with Gasteiger partial charge in [0.15, 0.2) is 11.5 Å². The van der Waals surface area contributed by atoms with Gasteiger partial charge in [0.25, 0.3) is 5.91 Å². The summed E-state index contributed by atoms with van der Waals surface area (Å²) in [4.78, 5) is 12.2. The fourth-order valence-electron chi connectivity index (χ4n) is 1.93. The molecule has 0 atom stereocenters. The molecule has 0 aliphatic rings. The number of amides is 1. The summed E-state index contributed by atoms with van der Waals surface area (Å²) in [6.45, 7) is 1.83. The van der Waals surface area contributed by atoms with Crippen LogP contribution in [0.5, 0.6) is 11.5 Å². The van der Waals surface area contributed by atoms with Gasteiger partial charge in [0, 0.05) is 10.0 Å². The largest absolute Gasteiger partial charge is 0.493 e. The Kier molecular flexibility index (Phi) is 5.76. The number of benzene rings is 2. The van der Waals surface area contributed by atoms with Crippen LogP contribution in [0.15, 0.2) is 52.0 Å². The van der Waals surface area contributed by atoms with Crippen molar-refractivity contribution in [3.63, 3.8) is 0 Å². The van der Waals surface area contributed by atoms with Crippen molar-refractivity contribution < 1.29 is 14.3 Å². The molecular formula is C17H17BrN2O3. The molecule has 0 spiro atoms. The fourth-order valence-corrected chi connectivity index (χ4v) is 2.20. The second-order valence-electron chi connectivity index (χ2n) is 4.71. The Bertz CT molecular complexity index is 727. The summed E-state index contributed by atoms with van der Waals surface area (Å²) < 4.78 is 11.3. The van der Waals surface area contributed by atoms with Crippen LogP contribution < -0.4 is 14.9 Å². The lowest BCUT2D eigenvalue weighted by molar-refractivity contribution is 0.0954. The van der Waals surface area contributed by atoms with Gasteiger partial charge in [-0.1, -0.05) is 28.1 Å². The number of nitrogens with one attached hydrogen (secondary N) is 1. The van der Waals surface area contributed by atoms with E-state index in [9.17, 15) is 4.79 Å². The monoisotopic (exact) mass is 376 g/mol. The van der Waals surface area contributed by atoms with Gasteiger partial charge in [-0.25, -0.2) is 5.43 Å². The van der Waals surface area contributed by atoms with Crippen LogP contribution in [0.25, 0.3) is 0 Å². The van der Waals surface area contributed by atoms with E-state index in [1.807, 2.05) is 31.2 Å². The maximum atomic E-state index is 12.2. The molecule has 2 aromatic carbocycles. The minimum absolute atomic E-state index is 0.317. The van der Waals surface area contributed by atoms with E-state index >= 15 is 0 Å². The molecule has 23 heavy (non-hydrogen) atoms. The van der Waals surface area contributed by atoms with Crippen LogP contribution in [0, 0.1) is 0 Å². The standard InChI is InChI=1S/C17H17BrN2O3/c1-11(12-4-7-14(18)8-5-12)19-20-17(21)13-6-9-15(22-2)16(10-13)23-3/h4-10H,1-3H3,(H,20,21)/b19-11+. The number of hydrogen-bond donors (Lipinski definition) is 1. The van der Waals surface area contributed by atoms with Crippen molar-refractivity contribution in [2.24, 2.45) is 5.10 Å². The van der Waals surface area contributed by atoms with Crippen molar-refractivity contribution in [2.75, 3.05) is 14.2 Å². The van der Waals surface area contributed by atoms with Gasteiger partial charge in [-0.05, 0) is 42.8 Å². The van der Waals surface area contributed by atoms with Crippen LogP contribution in [0.4, 0.5) is 0 Å². The average molecular weight is 377 g/mol. The van der Waals surface area contributed by atoms with Crippen LogP contribution in [0.3, 0.4) is 0 Å². The van der Waals surface area contributed by atoms with Crippen LogP contribution in [-0.4, -0.2) is 25.8 Å². The van der Waals surface area contributed by atoms with Crippen LogP contribution >= 0.6 is 15.9 Å². The summed E-state index contributed by atoms with van der Waals surface area (Å²) in [5, 5.41) is 4.13. The molecular weight excluding hydrogens is 360 g/mol. The van der Waals surface area contributed by atoms with Crippen molar-refractivity contribution in [3.05, 3.63) is 58.1 Å². The first-order valence-electron chi connectivity index (χ1n) is 6.87. The molecule has 0 aromatic heterocycles. The summed E-state index contributed by atoms with van der Waals surface area (Å²) in [6, 6.07) is 12.6. The highest BCUT2D eigenvalue weighted by molar-refractivity contribution is 9.10. The lowest BCUT2D eigenvalue weighted by atomic mass is 10.1. The zero-order chi connectivity index (χ0) is 16.8. The number of carbonyl (C=O) groups is 1. The molecule has 0 aliphatic carbocycles. The summed E-state index contributed by atoms with van der Waals surface area (Å²) in [5.74, 6) is 0.745. The molecule has 1 N–H and O–H groups in total. The number of hydrogen-bond acceptors (Lipinski definition) is 4. The van der Waals surface area contributed by atoms with Crippen LogP contribution in [0.1, 0.15) is 22.8 Å². The number of nitrogens with zero attached hydrogens (tertiary/aromatic N) is 1. The molecule has 0 saturated heterocycles. The molecule has 120 valence electrons. The Morgan fingerprint density at radius 3 is 2.22 bits per heavy atom. The molecule has 1 amide bonds. The minimum Gasteiger partial charge on any atom is -0.493 e. The maximum absolute atomic E-state index is 12.2. The van der Waals surface area contributed by atoms with E-state index in [-0.39, 0.29) is 5.91 Å². The van der Waals surface area contributed by atoms with E-state index in [0.29, 0.717) is 22.8 Å². The van der Waals surface area contributed by atoms with Crippen LogP contribution in [0.2, 0.25) is 0 Å². The Morgan fingerprint density at radius 1 is 1.00 bits per heavy atom. The summed E-state index contributed by atoms with van der Waals surface area (Å²) in [7, 11) is 3.07. The highest BCUT2D eigenvalue weighted by atomic mass is 79.9. The molecule has 5 nitrogen and oxygen atoms in total. The van der Waals surface area contributed by atoms with Crippen molar-refractivity contribution in [1.29, 1.82) is 0 Å². The third kappa shape index (κ3) is 4.32. The Labute approximate surface area is 143 Å². The van der Waals surface area contributed by atoms with E-state index in [2.05, 4.69) is 26.5 Å². The van der Waals surface area contributed by atoms with E-state index in [1.54, 1.807) is 25.3 Å². The molecule has 0 radical (unpaired) electrons. The zero-order valence-corrected chi connectivity index (χ0v) is 14.7. The third-order valence-electron chi connectivity index (χ3n) is 3.23. The van der Waals surface area contributed by atoms with Crippen molar-refractivity contribution in [1.82, 2.24) is 5.43 Å². The number of ether oxygens (including phenoxy) is 2. The molecule has 0 saturated carbocycles. The average Bonchev–Trinajstić information content (AvgIpc) is 2.59. The molecule has 2 rings (SSSR count). The van der Waals surface area contributed by atoms with Gasteiger partial charge in [-0.15, -0.1) is 0 Å². The molecule has 2 aromatic rings. The van der Waals surface area contributed by atoms with Gasteiger partial charge in [0.05, 0.1) is 19.9 Å². The van der Waals surface area contributed by atoms with Gasteiger partial charge < -0.3 is 9.47 Å². The predicted octanol–water partition coefficient (Wildman–Crippen LogP) is 3.62. The first-order valence-corrected chi connectivity index (χ1v) is 7.67. The van der Waals surface area contributed by atoms with E-state index in [1.165, 1.54) is 7.11 Å². The quantitative estimate of drug-likeness (QED) is 0.640. The maximum Gasteiger partial charge on any atom is 0.271 e. The Morgan fingerprint density at radius 2 is 1.61 bits per heavy atom. The van der Waals surface area contributed by atoms with Gasteiger partial charge in [0.1, 0.15) is 0 Å². The normalized spacial score (nSPS) is 11.0.